The van der Waals surface area contributed by atoms with E-state index in [-0.39, 0.29) is 17.5 Å². The van der Waals surface area contributed by atoms with E-state index in [2.05, 4.69) is 0 Å². The first-order chi connectivity index (χ1) is 9.08. The van der Waals surface area contributed by atoms with Gasteiger partial charge in [-0.15, -0.1) is 0 Å². The first-order valence-corrected chi connectivity index (χ1v) is 8.61. The van der Waals surface area contributed by atoms with E-state index in [4.69, 9.17) is 0 Å². The molecular formula is C15H18O3S. The Morgan fingerprint density at radius 1 is 1.05 bits per heavy atom. The highest BCUT2D eigenvalue weighted by molar-refractivity contribution is 7.92. The highest BCUT2D eigenvalue weighted by atomic mass is 32.2. The molecule has 3 rings (SSSR count). The highest BCUT2D eigenvalue weighted by Gasteiger charge is 2.39. The molecule has 1 unspecified atom stereocenters. The maximum atomic E-state index is 12.5. The van der Waals surface area contributed by atoms with Crippen LogP contribution in [0.2, 0.25) is 0 Å². The Bertz CT molecular complexity index is 579. The minimum absolute atomic E-state index is 0.0455. The van der Waals surface area contributed by atoms with Gasteiger partial charge in [0, 0.05) is 5.92 Å². The average molecular weight is 278 g/mol. The van der Waals surface area contributed by atoms with E-state index in [0.29, 0.717) is 25.7 Å². The topological polar surface area (TPSA) is 51.2 Å². The van der Waals surface area contributed by atoms with Crippen LogP contribution in [0.3, 0.4) is 0 Å². The Labute approximate surface area is 113 Å². The molecule has 1 heterocycles. The molecular weight excluding hydrogens is 260 g/mol. The molecule has 0 aromatic heterocycles. The Balaban J connectivity index is 1.80. The van der Waals surface area contributed by atoms with Crippen LogP contribution in [0.25, 0.3) is 0 Å². The third-order valence-electron chi connectivity index (χ3n) is 4.35. The minimum atomic E-state index is -3.20. The zero-order valence-electron chi connectivity index (χ0n) is 10.8. The normalized spacial score (nSPS) is 26.0. The van der Waals surface area contributed by atoms with Gasteiger partial charge >= 0.3 is 0 Å². The second-order valence-corrected chi connectivity index (χ2v) is 7.93. The Morgan fingerprint density at radius 3 is 2.26 bits per heavy atom. The molecule has 0 radical (unpaired) electrons. The number of benzene rings is 1. The zero-order valence-corrected chi connectivity index (χ0v) is 11.7. The SMILES string of the molecule is O=C(C1Cc2ccccc2C1)C1CCCCS1(=O)=O. The number of hydrogen-bond donors (Lipinski definition) is 0. The summed E-state index contributed by atoms with van der Waals surface area (Å²) in [5.41, 5.74) is 2.41. The standard InChI is InChI=1S/C15H18O3S/c16-15(14-7-3-4-8-19(14,17)18)13-9-11-5-1-2-6-12(11)10-13/h1-2,5-6,13-14H,3-4,7-10H2. The van der Waals surface area contributed by atoms with E-state index < -0.39 is 15.1 Å². The van der Waals surface area contributed by atoms with Gasteiger partial charge in [0.25, 0.3) is 0 Å². The number of hydrogen-bond acceptors (Lipinski definition) is 3. The molecule has 0 amide bonds. The van der Waals surface area contributed by atoms with Crippen LogP contribution in [0.1, 0.15) is 30.4 Å². The summed E-state index contributed by atoms with van der Waals surface area (Å²) in [6.07, 6.45) is 3.50. The molecule has 0 bridgehead atoms. The molecule has 19 heavy (non-hydrogen) atoms. The van der Waals surface area contributed by atoms with Gasteiger partial charge in [-0.2, -0.15) is 0 Å². The zero-order chi connectivity index (χ0) is 13.5. The quantitative estimate of drug-likeness (QED) is 0.830. The lowest BCUT2D eigenvalue weighted by molar-refractivity contribution is -0.122. The Kier molecular flexibility index (Phi) is 3.21. The predicted molar refractivity (Wildman–Crippen MR) is 73.8 cm³/mol. The summed E-state index contributed by atoms with van der Waals surface area (Å²) in [5.74, 6) is 0.00877. The first-order valence-electron chi connectivity index (χ1n) is 6.90. The lowest BCUT2D eigenvalue weighted by atomic mass is 9.96. The van der Waals surface area contributed by atoms with Crippen LogP contribution in [-0.4, -0.2) is 25.2 Å². The molecule has 0 saturated carbocycles. The van der Waals surface area contributed by atoms with Crippen LogP contribution in [-0.2, 0) is 27.5 Å². The summed E-state index contributed by atoms with van der Waals surface area (Å²) >= 11 is 0. The summed E-state index contributed by atoms with van der Waals surface area (Å²) in [6, 6.07) is 8.03. The fourth-order valence-corrected chi connectivity index (χ4v) is 5.26. The van der Waals surface area contributed by atoms with E-state index in [1.807, 2.05) is 24.3 Å². The Hall–Kier alpha value is -1.16. The van der Waals surface area contributed by atoms with Gasteiger partial charge in [-0.25, -0.2) is 8.42 Å². The second-order valence-electron chi connectivity index (χ2n) is 5.63. The van der Waals surface area contributed by atoms with Gasteiger partial charge in [-0.05, 0) is 36.8 Å². The van der Waals surface area contributed by atoms with Crippen molar-refractivity contribution < 1.29 is 13.2 Å². The van der Waals surface area contributed by atoms with Crippen LogP contribution in [0.4, 0.5) is 0 Å². The van der Waals surface area contributed by atoms with Gasteiger partial charge in [0.15, 0.2) is 15.6 Å². The van der Waals surface area contributed by atoms with E-state index in [9.17, 15) is 13.2 Å². The van der Waals surface area contributed by atoms with E-state index in [0.717, 1.165) is 6.42 Å². The van der Waals surface area contributed by atoms with Crippen LogP contribution < -0.4 is 0 Å². The van der Waals surface area contributed by atoms with Crippen molar-refractivity contribution in [1.29, 1.82) is 0 Å². The van der Waals surface area contributed by atoms with Crippen molar-refractivity contribution >= 4 is 15.6 Å². The van der Waals surface area contributed by atoms with Crippen molar-refractivity contribution in [3.8, 4) is 0 Å². The fraction of sp³-hybridized carbons (Fsp3) is 0.533. The summed E-state index contributed by atoms with van der Waals surface area (Å²) in [7, 11) is -3.20. The number of carbonyl (C=O) groups excluding carboxylic acids is 1. The van der Waals surface area contributed by atoms with Crippen molar-refractivity contribution in [2.45, 2.75) is 37.4 Å². The molecule has 102 valence electrons. The smallest absolute Gasteiger partial charge is 0.160 e. The summed E-state index contributed by atoms with van der Waals surface area (Å²) in [6.45, 7) is 0. The average Bonchev–Trinajstić information content (AvgIpc) is 2.81. The fourth-order valence-electron chi connectivity index (χ4n) is 3.30. The number of sulfone groups is 1. The van der Waals surface area contributed by atoms with Crippen molar-refractivity contribution in [1.82, 2.24) is 0 Å². The molecule has 1 aromatic carbocycles. The van der Waals surface area contributed by atoms with Gasteiger partial charge in [-0.1, -0.05) is 30.7 Å². The number of rotatable bonds is 2. The first kappa shape index (κ1) is 12.9. The number of fused-ring (bicyclic) bond motifs is 1. The summed E-state index contributed by atoms with van der Waals surface area (Å²) in [4.78, 5) is 12.5. The van der Waals surface area contributed by atoms with Gasteiger partial charge in [0.1, 0.15) is 5.25 Å². The van der Waals surface area contributed by atoms with E-state index in [1.165, 1.54) is 11.1 Å². The van der Waals surface area contributed by atoms with Gasteiger partial charge in [0.2, 0.25) is 0 Å². The number of Topliss-reactive ketones (excluding diaryl/α,β-unsaturated/α-hetero) is 1. The predicted octanol–water partition coefficient (Wildman–Crippen LogP) is 1.94. The van der Waals surface area contributed by atoms with Crippen LogP contribution in [0.15, 0.2) is 24.3 Å². The lowest BCUT2D eigenvalue weighted by Gasteiger charge is -2.23. The van der Waals surface area contributed by atoms with E-state index in [1.54, 1.807) is 0 Å². The van der Waals surface area contributed by atoms with Crippen molar-refractivity contribution in [3.05, 3.63) is 35.4 Å². The maximum absolute atomic E-state index is 12.5. The van der Waals surface area contributed by atoms with Gasteiger partial charge < -0.3 is 0 Å². The van der Waals surface area contributed by atoms with E-state index >= 15 is 0 Å². The van der Waals surface area contributed by atoms with Gasteiger partial charge in [-0.3, -0.25) is 4.79 Å². The molecule has 2 aliphatic rings. The molecule has 1 fully saturated rings. The molecule has 1 aliphatic carbocycles. The van der Waals surface area contributed by atoms with Crippen molar-refractivity contribution in [3.63, 3.8) is 0 Å². The Morgan fingerprint density at radius 2 is 1.68 bits per heavy atom. The number of ketones is 1. The van der Waals surface area contributed by atoms with Crippen molar-refractivity contribution in [2.24, 2.45) is 5.92 Å². The van der Waals surface area contributed by atoms with Crippen molar-refractivity contribution in [2.75, 3.05) is 5.75 Å². The molecule has 1 aromatic rings. The largest absolute Gasteiger partial charge is 0.298 e. The molecule has 1 aliphatic heterocycles. The summed E-state index contributed by atoms with van der Waals surface area (Å²) in [5, 5.41) is -0.736. The highest BCUT2D eigenvalue weighted by Crippen LogP contribution is 2.31. The molecule has 3 nitrogen and oxygen atoms in total. The third kappa shape index (κ3) is 2.34. The summed E-state index contributed by atoms with van der Waals surface area (Å²) < 4.78 is 24.1. The third-order valence-corrected chi connectivity index (χ3v) is 6.54. The van der Waals surface area contributed by atoms with Crippen LogP contribution >= 0.6 is 0 Å². The minimum Gasteiger partial charge on any atom is -0.298 e. The molecule has 1 atom stereocenters. The molecule has 0 spiro atoms. The van der Waals surface area contributed by atoms with Crippen LogP contribution in [0.5, 0.6) is 0 Å². The monoisotopic (exact) mass is 278 g/mol. The lowest BCUT2D eigenvalue weighted by Crippen LogP contribution is -2.39. The molecule has 1 saturated heterocycles. The second kappa shape index (κ2) is 4.75. The van der Waals surface area contributed by atoms with Gasteiger partial charge in [0.05, 0.1) is 5.75 Å². The molecule has 0 N–H and O–H groups in total. The van der Waals surface area contributed by atoms with Crippen LogP contribution in [0, 0.1) is 5.92 Å². The maximum Gasteiger partial charge on any atom is 0.160 e. The molecule has 4 heteroatoms. The number of carbonyl (C=O) groups is 1.